The zero-order valence-corrected chi connectivity index (χ0v) is 9.50. The number of carbonyl (C=O) groups excluding carboxylic acids is 1. The van der Waals surface area contributed by atoms with E-state index in [1.807, 2.05) is 30.3 Å². The maximum Gasteiger partial charge on any atom is 0.508 e. The molecule has 0 radical (unpaired) electrons. The summed E-state index contributed by atoms with van der Waals surface area (Å²) in [5.74, 6) is 0. The molecule has 5 heteroatoms. The van der Waals surface area contributed by atoms with Gasteiger partial charge >= 0.3 is 6.16 Å². The van der Waals surface area contributed by atoms with Crippen LogP contribution in [0.15, 0.2) is 30.3 Å². The molecule has 2 atom stereocenters. The van der Waals surface area contributed by atoms with Crippen molar-refractivity contribution in [2.75, 3.05) is 20.3 Å². The van der Waals surface area contributed by atoms with Gasteiger partial charge in [-0.2, -0.15) is 0 Å². The van der Waals surface area contributed by atoms with Crippen LogP contribution >= 0.6 is 0 Å². The van der Waals surface area contributed by atoms with E-state index >= 15 is 0 Å². The molecule has 0 N–H and O–H groups in total. The second-order valence-corrected chi connectivity index (χ2v) is 3.56. The Hall–Kier alpha value is -1.59. The van der Waals surface area contributed by atoms with Crippen LogP contribution in [-0.2, 0) is 18.9 Å². The van der Waals surface area contributed by atoms with Gasteiger partial charge in [-0.1, -0.05) is 30.3 Å². The number of ether oxygens (including phenoxy) is 4. The molecular formula is C12H14O5. The third kappa shape index (κ3) is 3.18. The molecule has 0 bridgehead atoms. The zero-order valence-electron chi connectivity index (χ0n) is 9.50. The highest BCUT2D eigenvalue weighted by Crippen LogP contribution is 2.26. The number of benzene rings is 1. The lowest BCUT2D eigenvalue weighted by molar-refractivity contribution is -0.0968. The molecule has 5 nitrogen and oxygen atoms in total. The SMILES string of the molecule is COC(=O)OCC1OCC(c2ccccc2)O1. The van der Waals surface area contributed by atoms with Crippen molar-refractivity contribution in [2.24, 2.45) is 0 Å². The van der Waals surface area contributed by atoms with Gasteiger partial charge in [0.1, 0.15) is 12.7 Å². The minimum atomic E-state index is -0.736. The second-order valence-electron chi connectivity index (χ2n) is 3.56. The average Bonchev–Trinajstić information content (AvgIpc) is 2.86. The molecule has 17 heavy (non-hydrogen) atoms. The summed E-state index contributed by atoms with van der Waals surface area (Å²) in [6.07, 6.45) is -1.37. The van der Waals surface area contributed by atoms with Crippen molar-refractivity contribution in [3.63, 3.8) is 0 Å². The van der Waals surface area contributed by atoms with Gasteiger partial charge in [0, 0.05) is 0 Å². The highest BCUT2D eigenvalue weighted by Gasteiger charge is 2.28. The molecule has 2 unspecified atom stereocenters. The minimum absolute atomic E-state index is 0.0377. The van der Waals surface area contributed by atoms with Crippen LogP contribution in [0.3, 0.4) is 0 Å². The molecular weight excluding hydrogens is 224 g/mol. The van der Waals surface area contributed by atoms with E-state index < -0.39 is 12.4 Å². The zero-order chi connectivity index (χ0) is 12.1. The van der Waals surface area contributed by atoms with E-state index in [-0.39, 0.29) is 12.7 Å². The molecule has 1 fully saturated rings. The summed E-state index contributed by atoms with van der Waals surface area (Å²) in [6, 6.07) is 9.76. The Morgan fingerprint density at radius 3 is 2.88 bits per heavy atom. The molecule has 92 valence electrons. The molecule has 0 aromatic heterocycles. The quantitative estimate of drug-likeness (QED) is 0.752. The Kier molecular flexibility index (Phi) is 3.95. The maximum absolute atomic E-state index is 10.8. The number of carbonyl (C=O) groups is 1. The van der Waals surface area contributed by atoms with Gasteiger partial charge in [-0.15, -0.1) is 0 Å². The van der Waals surface area contributed by atoms with Crippen LogP contribution in [-0.4, -0.2) is 32.8 Å². The molecule has 0 aliphatic carbocycles. The molecule has 1 saturated heterocycles. The average molecular weight is 238 g/mol. The third-order valence-electron chi connectivity index (χ3n) is 2.42. The molecule has 0 amide bonds. The fraction of sp³-hybridized carbons (Fsp3) is 0.417. The van der Waals surface area contributed by atoms with E-state index in [2.05, 4.69) is 4.74 Å². The van der Waals surface area contributed by atoms with Gasteiger partial charge in [0.05, 0.1) is 13.7 Å². The number of hydrogen-bond acceptors (Lipinski definition) is 5. The Balaban J connectivity index is 1.82. The fourth-order valence-corrected chi connectivity index (χ4v) is 1.58. The van der Waals surface area contributed by atoms with Crippen molar-refractivity contribution >= 4 is 6.16 Å². The van der Waals surface area contributed by atoms with Gasteiger partial charge in [0.25, 0.3) is 0 Å². The topological polar surface area (TPSA) is 54.0 Å². The molecule has 2 rings (SSSR count). The highest BCUT2D eigenvalue weighted by molar-refractivity contribution is 5.59. The first kappa shape index (κ1) is 11.9. The van der Waals surface area contributed by atoms with Crippen LogP contribution in [0.5, 0.6) is 0 Å². The summed E-state index contributed by atoms with van der Waals surface area (Å²) in [4.78, 5) is 10.8. The van der Waals surface area contributed by atoms with Crippen LogP contribution in [0.1, 0.15) is 11.7 Å². The summed E-state index contributed by atoms with van der Waals surface area (Å²) < 4.78 is 20.0. The van der Waals surface area contributed by atoms with Crippen molar-refractivity contribution in [3.05, 3.63) is 35.9 Å². The van der Waals surface area contributed by atoms with Crippen molar-refractivity contribution in [2.45, 2.75) is 12.4 Å². The van der Waals surface area contributed by atoms with Gasteiger partial charge in [-0.25, -0.2) is 4.79 Å². The summed E-state index contributed by atoms with van der Waals surface area (Å²) >= 11 is 0. The summed E-state index contributed by atoms with van der Waals surface area (Å²) in [5.41, 5.74) is 1.05. The first-order valence-electron chi connectivity index (χ1n) is 5.32. The van der Waals surface area contributed by atoms with Crippen LogP contribution in [0.2, 0.25) is 0 Å². The molecule has 0 spiro atoms. The monoisotopic (exact) mass is 238 g/mol. The first-order valence-corrected chi connectivity index (χ1v) is 5.32. The predicted molar refractivity (Wildman–Crippen MR) is 58.4 cm³/mol. The lowest BCUT2D eigenvalue weighted by Crippen LogP contribution is -2.19. The molecule has 1 aliphatic heterocycles. The second kappa shape index (κ2) is 5.65. The first-order chi connectivity index (χ1) is 8.29. The van der Waals surface area contributed by atoms with Gasteiger partial charge in [-0.05, 0) is 5.56 Å². The third-order valence-corrected chi connectivity index (χ3v) is 2.42. The minimum Gasteiger partial charge on any atom is -0.438 e. The summed E-state index contributed by atoms with van der Waals surface area (Å²) in [6.45, 7) is 0.495. The normalized spacial score (nSPS) is 23.4. The smallest absolute Gasteiger partial charge is 0.438 e. The van der Waals surface area contributed by atoms with Gasteiger partial charge < -0.3 is 18.9 Å². The molecule has 1 aromatic rings. The fourth-order valence-electron chi connectivity index (χ4n) is 1.58. The number of methoxy groups -OCH3 is 1. The van der Waals surface area contributed by atoms with E-state index in [9.17, 15) is 4.79 Å². The highest BCUT2D eigenvalue weighted by atomic mass is 16.8. The van der Waals surface area contributed by atoms with E-state index in [0.717, 1.165) is 5.56 Å². The van der Waals surface area contributed by atoms with E-state index in [0.29, 0.717) is 6.61 Å². The molecule has 1 heterocycles. The van der Waals surface area contributed by atoms with E-state index in [4.69, 9.17) is 14.2 Å². The van der Waals surface area contributed by atoms with Gasteiger partial charge in [-0.3, -0.25) is 0 Å². The maximum atomic E-state index is 10.8. The predicted octanol–water partition coefficient (Wildman–Crippen LogP) is 1.88. The summed E-state index contributed by atoms with van der Waals surface area (Å²) in [5, 5.41) is 0. The lowest BCUT2D eigenvalue weighted by atomic mass is 10.1. The van der Waals surface area contributed by atoms with E-state index in [1.165, 1.54) is 7.11 Å². The number of hydrogen-bond donors (Lipinski definition) is 0. The Morgan fingerprint density at radius 2 is 2.18 bits per heavy atom. The lowest BCUT2D eigenvalue weighted by Gasteiger charge is -2.11. The Morgan fingerprint density at radius 1 is 1.41 bits per heavy atom. The largest absolute Gasteiger partial charge is 0.508 e. The molecule has 1 aromatic carbocycles. The van der Waals surface area contributed by atoms with Crippen molar-refractivity contribution in [1.82, 2.24) is 0 Å². The van der Waals surface area contributed by atoms with Crippen LogP contribution in [0.4, 0.5) is 4.79 Å². The van der Waals surface area contributed by atoms with Crippen LogP contribution in [0, 0.1) is 0 Å². The number of rotatable bonds is 3. The van der Waals surface area contributed by atoms with Crippen LogP contribution in [0.25, 0.3) is 0 Å². The standard InChI is InChI=1S/C12H14O5/c1-14-12(13)16-8-11-15-7-10(17-11)9-5-3-2-4-6-9/h2-6,10-11H,7-8H2,1H3. The van der Waals surface area contributed by atoms with Gasteiger partial charge in [0.2, 0.25) is 0 Å². The van der Waals surface area contributed by atoms with Crippen LogP contribution < -0.4 is 0 Å². The molecule has 1 aliphatic rings. The van der Waals surface area contributed by atoms with Gasteiger partial charge in [0.15, 0.2) is 6.29 Å². The van der Waals surface area contributed by atoms with E-state index in [1.54, 1.807) is 0 Å². The summed E-state index contributed by atoms with van der Waals surface area (Å²) in [7, 11) is 1.26. The van der Waals surface area contributed by atoms with Crippen molar-refractivity contribution < 1.29 is 23.7 Å². The van der Waals surface area contributed by atoms with Crippen molar-refractivity contribution in [1.29, 1.82) is 0 Å². The molecule has 0 saturated carbocycles. The van der Waals surface area contributed by atoms with Crippen molar-refractivity contribution in [3.8, 4) is 0 Å². The Bertz CT molecular complexity index is 364. The Labute approximate surface area is 99.2 Å².